The van der Waals surface area contributed by atoms with Gasteiger partial charge in [-0.1, -0.05) is 12.1 Å². The number of hydrogen-bond donors (Lipinski definition) is 0. The van der Waals surface area contributed by atoms with E-state index in [2.05, 4.69) is 0 Å². The van der Waals surface area contributed by atoms with E-state index in [-0.39, 0.29) is 10.6 Å². The van der Waals surface area contributed by atoms with Crippen molar-refractivity contribution in [3.8, 4) is 0 Å². The molecular formula is C14H18N2O4. The summed E-state index contributed by atoms with van der Waals surface area (Å²) < 4.78 is 12.3. The molecule has 0 amide bonds. The second kappa shape index (κ2) is 7.02. The maximum absolute atomic E-state index is 11.1. The largest absolute Gasteiger partial charge is 0.385 e. The third kappa shape index (κ3) is 3.34. The van der Waals surface area contributed by atoms with E-state index >= 15 is 0 Å². The van der Waals surface area contributed by atoms with Gasteiger partial charge in [-0.05, 0) is 12.5 Å². The van der Waals surface area contributed by atoms with E-state index in [0.717, 1.165) is 11.8 Å². The molecule has 1 aromatic carbocycles. The highest BCUT2D eigenvalue weighted by atomic mass is 16.6. The maximum atomic E-state index is 11.1. The predicted molar refractivity (Wildman–Crippen MR) is 75.9 cm³/mol. The number of fused-ring (bicyclic) bond motifs is 1. The van der Waals surface area contributed by atoms with Crippen LogP contribution in [-0.2, 0) is 16.0 Å². The SMILES string of the molecule is COCCCOCCn1ccc2cccc([N+](=O)[O-])c21. The molecule has 2 aromatic rings. The minimum Gasteiger partial charge on any atom is -0.385 e. The minimum absolute atomic E-state index is 0.131. The summed E-state index contributed by atoms with van der Waals surface area (Å²) in [5, 5.41) is 11.9. The Bertz CT molecular complexity index is 580. The molecule has 1 heterocycles. The predicted octanol–water partition coefficient (Wildman–Crippen LogP) is 2.60. The zero-order valence-electron chi connectivity index (χ0n) is 11.4. The summed E-state index contributed by atoms with van der Waals surface area (Å²) in [4.78, 5) is 10.7. The van der Waals surface area contributed by atoms with E-state index in [1.807, 2.05) is 22.9 Å². The van der Waals surface area contributed by atoms with E-state index in [0.29, 0.717) is 31.9 Å². The summed E-state index contributed by atoms with van der Waals surface area (Å²) in [5.74, 6) is 0. The number of hydrogen-bond acceptors (Lipinski definition) is 4. The summed E-state index contributed by atoms with van der Waals surface area (Å²) in [6, 6.07) is 6.98. The summed E-state index contributed by atoms with van der Waals surface area (Å²) in [6.07, 6.45) is 2.71. The number of rotatable bonds is 8. The first-order valence-electron chi connectivity index (χ1n) is 6.53. The molecule has 0 bridgehead atoms. The van der Waals surface area contributed by atoms with Crippen LogP contribution in [0.4, 0.5) is 5.69 Å². The van der Waals surface area contributed by atoms with Gasteiger partial charge in [0.1, 0.15) is 5.52 Å². The van der Waals surface area contributed by atoms with Crippen LogP contribution < -0.4 is 0 Å². The summed E-state index contributed by atoms with van der Waals surface area (Å²) in [5.41, 5.74) is 0.782. The maximum Gasteiger partial charge on any atom is 0.293 e. The fraction of sp³-hybridized carbons (Fsp3) is 0.429. The van der Waals surface area contributed by atoms with Crippen LogP contribution in [0.1, 0.15) is 6.42 Å². The number of para-hydroxylation sites is 1. The molecule has 0 saturated carbocycles. The number of nitro benzene ring substituents is 1. The molecule has 6 heteroatoms. The van der Waals surface area contributed by atoms with Crippen molar-refractivity contribution in [2.24, 2.45) is 0 Å². The number of non-ortho nitro benzene ring substituents is 1. The molecule has 0 unspecified atom stereocenters. The van der Waals surface area contributed by atoms with E-state index in [1.54, 1.807) is 13.2 Å². The van der Waals surface area contributed by atoms with Gasteiger partial charge in [-0.2, -0.15) is 0 Å². The van der Waals surface area contributed by atoms with Gasteiger partial charge in [-0.3, -0.25) is 10.1 Å². The van der Waals surface area contributed by atoms with Crippen LogP contribution in [0.15, 0.2) is 30.5 Å². The van der Waals surface area contributed by atoms with Crippen molar-refractivity contribution in [1.82, 2.24) is 4.57 Å². The molecule has 1 aromatic heterocycles. The van der Waals surface area contributed by atoms with Gasteiger partial charge in [-0.15, -0.1) is 0 Å². The highest BCUT2D eigenvalue weighted by molar-refractivity contribution is 5.88. The van der Waals surface area contributed by atoms with E-state index < -0.39 is 0 Å². The zero-order valence-corrected chi connectivity index (χ0v) is 11.4. The van der Waals surface area contributed by atoms with Gasteiger partial charge < -0.3 is 14.0 Å². The molecular weight excluding hydrogens is 260 g/mol. The van der Waals surface area contributed by atoms with Crippen LogP contribution >= 0.6 is 0 Å². The molecule has 0 atom stereocenters. The Hall–Kier alpha value is -1.92. The van der Waals surface area contributed by atoms with Gasteiger partial charge in [0, 0.05) is 44.5 Å². The number of nitrogens with zero attached hydrogens (tertiary/aromatic N) is 2. The van der Waals surface area contributed by atoms with Crippen molar-refractivity contribution in [2.45, 2.75) is 13.0 Å². The van der Waals surface area contributed by atoms with Crippen molar-refractivity contribution < 1.29 is 14.4 Å². The fourth-order valence-electron chi connectivity index (χ4n) is 2.14. The van der Waals surface area contributed by atoms with Gasteiger partial charge in [0.25, 0.3) is 5.69 Å². The molecule has 0 spiro atoms. The number of benzene rings is 1. The average Bonchev–Trinajstić information content (AvgIpc) is 2.86. The van der Waals surface area contributed by atoms with E-state index in [1.165, 1.54) is 6.07 Å². The van der Waals surface area contributed by atoms with Crippen LogP contribution in [0.5, 0.6) is 0 Å². The number of aromatic nitrogens is 1. The van der Waals surface area contributed by atoms with Crippen LogP contribution in [-0.4, -0.2) is 36.4 Å². The average molecular weight is 278 g/mol. The summed E-state index contributed by atoms with van der Waals surface area (Å²) >= 11 is 0. The summed E-state index contributed by atoms with van der Waals surface area (Å²) in [7, 11) is 1.66. The molecule has 2 rings (SSSR count). The molecule has 0 fully saturated rings. The van der Waals surface area contributed by atoms with E-state index in [9.17, 15) is 10.1 Å². The number of methoxy groups -OCH3 is 1. The van der Waals surface area contributed by atoms with Crippen molar-refractivity contribution in [2.75, 3.05) is 26.9 Å². The molecule has 0 saturated heterocycles. The van der Waals surface area contributed by atoms with E-state index in [4.69, 9.17) is 9.47 Å². The molecule has 0 N–H and O–H groups in total. The highest BCUT2D eigenvalue weighted by Gasteiger charge is 2.14. The summed E-state index contributed by atoms with van der Waals surface area (Å²) in [6.45, 7) is 2.44. The van der Waals surface area contributed by atoms with Crippen molar-refractivity contribution in [3.63, 3.8) is 0 Å². The first-order valence-corrected chi connectivity index (χ1v) is 6.53. The van der Waals surface area contributed by atoms with Gasteiger partial charge in [0.05, 0.1) is 11.5 Å². The van der Waals surface area contributed by atoms with Crippen molar-refractivity contribution in [1.29, 1.82) is 0 Å². The lowest BCUT2D eigenvalue weighted by Gasteiger charge is -2.07. The lowest BCUT2D eigenvalue weighted by molar-refractivity contribution is -0.383. The topological polar surface area (TPSA) is 66.5 Å². The zero-order chi connectivity index (χ0) is 14.4. The second-order valence-electron chi connectivity index (χ2n) is 4.44. The molecule has 0 radical (unpaired) electrons. The smallest absolute Gasteiger partial charge is 0.293 e. The first kappa shape index (κ1) is 14.5. The molecule has 0 aliphatic heterocycles. The second-order valence-corrected chi connectivity index (χ2v) is 4.44. The lowest BCUT2D eigenvalue weighted by Crippen LogP contribution is -2.07. The Kier molecular flexibility index (Phi) is 5.09. The molecule has 20 heavy (non-hydrogen) atoms. The Balaban J connectivity index is 2.01. The van der Waals surface area contributed by atoms with Crippen molar-refractivity contribution >= 4 is 16.6 Å². The Labute approximate surface area is 117 Å². The minimum atomic E-state index is -0.349. The lowest BCUT2D eigenvalue weighted by atomic mass is 10.2. The van der Waals surface area contributed by atoms with Crippen LogP contribution in [0.25, 0.3) is 10.9 Å². The quantitative estimate of drug-likeness (QED) is 0.423. The van der Waals surface area contributed by atoms with Gasteiger partial charge in [0.2, 0.25) is 0 Å². The van der Waals surface area contributed by atoms with Gasteiger partial charge >= 0.3 is 0 Å². The first-order chi connectivity index (χ1) is 9.74. The van der Waals surface area contributed by atoms with Gasteiger partial charge in [-0.25, -0.2) is 0 Å². The standard InChI is InChI=1S/C14H18N2O4/c1-19-9-3-10-20-11-8-15-7-6-12-4-2-5-13(14(12)15)16(17)18/h2,4-7H,3,8-11H2,1H3. The molecule has 6 nitrogen and oxygen atoms in total. The monoisotopic (exact) mass is 278 g/mol. The number of nitro groups is 1. The van der Waals surface area contributed by atoms with Crippen LogP contribution in [0, 0.1) is 10.1 Å². The number of ether oxygens (including phenoxy) is 2. The Morgan fingerprint density at radius 2 is 2.10 bits per heavy atom. The Morgan fingerprint density at radius 3 is 2.85 bits per heavy atom. The third-order valence-corrected chi connectivity index (χ3v) is 3.08. The third-order valence-electron chi connectivity index (χ3n) is 3.08. The molecule has 0 aliphatic carbocycles. The van der Waals surface area contributed by atoms with Crippen molar-refractivity contribution in [3.05, 3.63) is 40.6 Å². The van der Waals surface area contributed by atoms with Crippen LogP contribution in [0.2, 0.25) is 0 Å². The Morgan fingerprint density at radius 1 is 1.25 bits per heavy atom. The molecule has 108 valence electrons. The highest BCUT2D eigenvalue weighted by Crippen LogP contribution is 2.26. The molecule has 0 aliphatic rings. The van der Waals surface area contributed by atoms with Gasteiger partial charge in [0.15, 0.2) is 0 Å². The fourth-order valence-corrected chi connectivity index (χ4v) is 2.14. The normalized spacial score (nSPS) is 11.1. The van der Waals surface area contributed by atoms with Crippen LogP contribution in [0.3, 0.4) is 0 Å².